The number of allylic oxidation sites excluding steroid dienone is 2. The van der Waals surface area contributed by atoms with Gasteiger partial charge in [0.25, 0.3) is 0 Å². The minimum Gasteiger partial charge on any atom is -0.468 e. The van der Waals surface area contributed by atoms with E-state index in [-0.39, 0.29) is 18.2 Å². The Kier molecular flexibility index (Phi) is 11.2. The molecular formula is C29H43N3O4. The molecular weight excluding hydrogens is 454 g/mol. The number of nitrogens with one attached hydrogen (secondary N) is 1. The maximum atomic E-state index is 12.9. The summed E-state index contributed by atoms with van der Waals surface area (Å²) in [5, 5.41) is 3.41. The number of carbonyl (C=O) groups excluding carboxylic acids is 1. The van der Waals surface area contributed by atoms with Gasteiger partial charge in [0.05, 0.1) is 19.3 Å². The molecule has 1 aromatic rings. The summed E-state index contributed by atoms with van der Waals surface area (Å²) in [6, 6.07) is 3.81. The van der Waals surface area contributed by atoms with Crippen LogP contribution in [0.3, 0.4) is 0 Å². The molecule has 3 rings (SSSR count). The fourth-order valence-electron chi connectivity index (χ4n) is 4.96. The van der Waals surface area contributed by atoms with Crippen LogP contribution in [0.4, 0.5) is 5.82 Å². The number of unbranched alkanes of at least 4 members (excludes halogenated alkanes) is 1. The standard InChI is InChI=1S/C29H43N3O4/c1-6-11-26(21(3)22(4)35-7-2)27(29(33)34-5)32-18-16-25(20-32)36-19-9-8-13-24-15-14-23-12-10-17-30-28(23)31-24/h6,11,14-15,22,25,27H,1,3,7-10,12-13,16-20H2,2,4-5H3,(H,30,31)/b26-11+/t22?,25-,27?/m1/s1. The number of anilines is 1. The van der Waals surface area contributed by atoms with Crippen LogP contribution in [0.2, 0.25) is 0 Å². The average Bonchev–Trinajstić information content (AvgIpc) is 3.35. The van der Waals surface area contributed by atoms with Crippen LogP contribution in [0.15, 0.2) is 48.6 Å². The van der Waals surface area contributed by atoms with Crippen molar-refractivity contribution in [1.29, 1.82) is 0 Å². The lowest BCUT2D eigenvalue weighted by atomic mass is 9.94. The van der Waals surface area contributed by atoms with Crippen LogP contribution in [0.1, 0.15) is 50.8 Å². The molecule has 0 bridgehead atoms. The number of nitrogens with zero attached hydrogens (tertiary/aromatic N) is 2. The van der Waals surface area contributed by atoms with Gasteiger partial charge in [0, 0.05) is 38.5 Å². The zero-order valence-corrected chi connectivity index (χ0v) is 22.3. The average molecular weight is 498 g/mol. The zero-order chi connectivity index (χ0) is 25.9. The second kappa shape index (κ2) is 14.3. The van der Waals surface area contributed by atoms with E-state index in [1.165, 1.54) is 19.1 Å². The van der Waals surface area contributed by atoms with Gasteiger partial charge in [0.15, 0.2) is 0 Å². The van der Waals surface area contributed by atoms with Gasteiger partial charge >= 0.3 is 5.97 Å². The third-order valence-electron chi connectivity index (χ3n) is 6.97. The molecule has 198 valence electrons. The van der Waals surface area contributed by atoms with Gasteiger partial charge in [-0.25, -0.2) is 9.78 Å². The minimum absolute atomic E-state index is 0.0887. The number of aryl methyl sites for hydroxylation is 2. The molecule has 7 heteroatoms. The van der Waals surface area contributed by atoms with Crippen molar-refractivity contribution in [1.82, 2.24) is 9.88 Å². The zero-order valence-electron chi connectivity index (χ0n) is 22.3. The van der Waals surface area contributed by atoms with Crippen molar-refractivity contribution >= 4 is 11.8 Å². The van der Waals surface area contributed by atoms with Gasteiger partial charge in [-0.15, -0.1) is 0 Å². The molecule has 1 aromatic heterocycles. The Morgan fingerprint density at radius 2 is 2.19 bits per heavy atom. The maximum Gasteiger partial charge on any atom is 0.327 e. The molecule has 0 aliphatic carbocycles. The van der Waals surface area contributed by atoms with E-state index in [9.17, 15) is 4.79 Å². The molecule has 3 heterocycles. The predicted molar refractivity (Wildman–Crippen MR) is 144 cm³/mol. The van der Waals surface area contributed by atoms with Gasteiger partial charge in [-0.05, 0) is 75.1 Å². The summed E-state index contributed by atoms with van der Waals surface area (Å²) < 4.78 is 17.1. The lowest BCUT2D eigenvalue weighted by molar-refractivity contribution is -0.145. The first-order valence-electron chi connectivity index (χ1n) is 13.3. The lowest BCUT2D eigenvalue weighted by Gasteiger charge is -2.30. The number of likely N-dealkylation sites (tertiary alicyclic amines) is 1. The van der Waals surface area contributed by atoms with Crippen molar-refractivity contribution < 1.29 is 19.0 Å². The van der Waals surface area contributed by atoms with Crippen LogP contribution in [0.25, 0.3) is 0 Å². The number of methoxy groups -OCH3 is 1. The number of hydrogen-bond donors (Lipinski definition) is 1. The number of hydrogen-bond acceptors (Lipinski definition) is 7. The summed E-state index contributed by atoms with van der Waals surface area (Å²) in [7, 11) is 1.42. The minimum atomic E-state index is -0.555. The molecule has 36 heavy (non-hydrogen) atoms. The molecule has 2 aliphatic rings. The molecule has 0 radical (unpaired) electrons. The Morgan fingerprint density at radius 1 is 1.36 bits per heavy atom. The summed E-state index contributed by atoms with van der Waals surface area (Å²) in [5.41, 5.74) is 4.01. The summed E-state index contributed by atoms with van der Waals surface area (Å²) in [4.78, 5) is 19.8. The van der Waals surface area contributed by atoms with E-state index in [0.29, 0.717) is 19.8 Å². The van der Waals surface area contributed by atoms with Crippen molar-refractivity contribution in [2.75, 3.05) is 45.3 Å². The van der Waals surface area contributed by atoms with Crippen LogP contribution in [0, 0.1) is 0 Å². The Labute approximate surface area is 216 Å². The number of rotatable bonds is 14. The number of pyridine rings is 1. The number of fused-ring (bicyclic) bond motifs is 1. The van der Waals surface area contributed by atoms with Crippen molar-refractivity contribution in [2.24, 2.45) is 0 Å². The molecule has 1 fully saturated rings. The van der Waals surface area contributed by atoms with Crippen LogP contribution in [-0.2, 0) is 31.8 Å². The number of ether oxygens (including phenoxy) is 3. The van der Waals surface area contributed by atoms with Gasteiger partial charge < -0.3 is 19.5 Å². The fourth-order valence-corrected chi connectivity index (χ4v) is 4.96. The van der Waals surface area contributed by atoms with Crippen molar-refractivity contribution in [3.05, 3.63) is 59.8 Å². The van der Waals surface area contributed by atoms with Gasteiger partial charge in [0.2, 0.25) is 0 Å². The Morgan fingerprint density at radius 3 is 2.94 bits per heavy atom. The topological polar surface area (TPSA) is 72.9 Å². The molecule has 0 spiro atoms. The van der Waals surface area contributed by atoms with E-state index in [0.717, 1.165) is 67.9 Å². The molecule has 3 atom stereocenters. The highest BCUT2D eigenvalue weighted by atomic mass is 16.5. The molecule has 0 aromatic carbocycles. The number of carbonyl (C=O) groups is 1. The molecule has 1 saturated heterocycles. The smallest absolute Gasteiger partial charge is 0.327 e. The number of esters is 1. The number of aromatic nitrogens is 1. The summed E-state index contributed by atoms with van der Waals surface area (Å²) in [6.07, 6.45) is 9.55. The van der Waals surface area contributed by atoms with E-state index >= 15 is 0 Å². The molecule has 0 amide bonds. The van der Waals surface area contributed by atoms with E-state index in [2.05, 4.69) is 35.5 Å². The molecule has 2 unspecified atom stereocenters. The Hall–Kier alpha value is -2.48. The monoisotopic (exact) mass is 497 g/mol. The highest BCUT2D eigenvalue weighted by Gasteiger charge is 2.37. The molecule has 0 saturated carbocycles. The molecule has 7 nitrogen and oxygen atoms in total. The van der Waals surface area contributed by atoms with Crippen molar-refractivity contribution in [3.8, 4) is 0 Å². The lowest BCUT2D eigenvalue weighted by Crippen LogP contribution is -2.43. The second-order valence-corrected chi connectivity index (χ2v) is 9.48. The fraction of sp³-hybridized carbons (Fsp3) is 0.586. The predicted octanol–water partition coefficient (Wildman–Crippen LogP) is 4.49. The van der Waals surface area contributed by atoms with Crippen molar-refractivity contribution in [3.63, 3.8) is 0 Å². The van der Waals surface area contributed by atoms with E-state index in [4.69, 9.17) is 19.2 Å². The largest absolute Gasteiger partial charge is 0.468 e. The molecule has 1 N–H and O–H groups in total. The van der Waals surface area contributed by atoms with E-state index in [1.807, 2.05) is 19.9 Å². The summed E-state index contributed by atoms with van der Waals surface area (Å²) in [5.74, 6) is 0.755. The van der Waals surface area contributed by atoms with E-state index in [1.54, 1.807) is 6.08 Å². The van der Waals surface area contributed by atoms with Crippen LogP contribution < -0.4 is 5.32 Å². The third kappa shape index (κ3) is 7.51. The Balaban J connectivity index is 1.50. The SMILES string of the molecule is C=C/C=C(\C(=C)C(C)OCC)C(C(=O)OC)N1CC[C@@H](OCCCCc2ccc3c(n2)NCCC3)C1. The quantitative estimate of drug-likeness (QED) is 0.231. The third-order valence-corrected chi connectivity index (χ3v) is 6.97. The van der Waals surface area contributed by atoms with Crippen LogP contribution >= 0.6 is 0 Å². The second-order valence-electron chi connectivity index (χ2n) is 9.48. The van der Waals surface area contributed by atoms with Gasteiger partial charge in [-0.2, -0.15) is 0 Å². The first-order chi connectivity index (χ1) is 17.5. The highest BCUT2D eigenvalue weighted by Crippen LogP contribution is 2.27. The van der Waals surface area contributed by atoms with Crippen LogP contribution in [0.5, 0.6) is 0 Å². The summed E-state index contributed by atoms with van der Waals surface area (Å²) in [6.45, 7) is 15.7. The maximum absolute atomic E-state index is 12.9. The first-order valence-corrected chi connectivity index (χ1v) is 13.3. The first kappa shape index (κ1) is 28.1. The van der Waals surface area contributed by atoms with Gasteiger partial charge in [-0.1, -0.05) is 31.4 Å². The normalized spacial score (nSPS) is 19.8. The van der Waals surface area contributed by atoms with Crippen molar-refractivity contribution in [2.45, 2.75) is 70.6 Å². The Bertz CT molecular complexity index is 929. The van der Waals surface area contributed by atoms with Gasteiger partial charge in [-0.3, -0.25) is 4.90 Å². The van der Waals surface area contributed by atoms with Crippen LogP contribution in [-0.4, -0.2) is 74.1 Å². The molecule has 2 aliphatic heterocycles. The highest BCUT2D eigenvalue weighted by molar-refractivity contribution is 5.81. The summed E-state index contributed by atoms with van der Waals surface area (Å²) >= 11 is 0. The van der Waals surface area contributed by atoms with Gasteiger partial charge in [0.1, 0.15) is 11.9 Å². The van der Waals surface area contributed by atoms with E-state index < -0.39 is 6.04 Å².